The van der Waals surface area contributed by atoms with Crippen LogP contribution >= 0.6 is 11.6 Å². The monoisotopic (exact) mass is 237 g/mol. The highest BCUT2D eigenvalue weighted by Gasteiger charge is 2.18. The number of benzene rings is 1. The van der Waals surface area contributed by atoms with E-state index >= 15 is 0 Å². The number of methoxy groups -OCH3 is 1. The first kappa shape index (κ1) is 12.5. The lowest BCUT2D eigenvalue weighted by Gasteiger charge is -2.10. The number of carbonyl (C=O) groups excluding carboxylic acids is 1. The summed E-state index contributed by atoms with van der Waals surface area (Å²) in [6.07, 6.45) is 0.668. The minimum absolute atomic E-state index is 0.205. The van der Waals surface area contributed by atoms with E-state index in [9.17, 15) is 4.79 Å². The summed E-state index contributed by atoms with van der Waals surface area (Å²) in [6, 6.07) is 5.60. The molecule has 0 spiro atoms. The normalized spacial score (nSPS) is 9.62. The SMILES string of the molecule is CCc1ccc(CCl)c(C#N)c1C(=O)OC. The molecule has 1 aromatic carbocycles. The molecule has 0 radical (unpaired) electrons. The van der Waals surface area contributed by atoms with E-state index < -0.39 is 5.97 Å². The van der Waals surface area contributed by atoms with Crippen LogP contribution in [0.2, 0.25) is 0 Å². The predicted molar refractivity (Wildman–Crippen MR) is 61.4 cm³/mol. The largest absolute Gasteiger partial charge is 0.465 e. The van der Waals surface area contributed by atoms with E-state index in [1.165, 1.54) is 7.11 Å². The number of halogens is 1. The third kappa shape index (κ3) is 2.17. The van der Waals surface area contributed by atoms with Gasteiger partial charge in [-0.2, -0.15) is 5.26 Å². The highest BCUT2D eigenvalue weighted by atomic mass is 35.5. The third-order valence-electron chi connectivity index (χ3n) is 2.40. The fourth-order valence-electron chi connectivity index (χ4n) is 1.56. The van der Waals surface area contributed by atoms with Crippen LogP contribution in [-0.4, -0.2) is 13.1 Å². The molecule has 0 unspecified atom stereocenters. The standard InChI is InChI=1S/C12H12ClNO2/c1-3-8-4-5-9(6-13)10(7-14)11(8)12(15)16-2/h4-5H,3,6H2,1-2H3. The summed E-state index contributed by atoms with van der Waals surface area (Å²) in [5.41, 5.74) is 2.12. The number of aryl methyl sites for hydroxylation is 1. The topological polar surface area (TPSA) is 50.1 Å². The molecule has 0 bridgehead atoms. The molecule has 0 N–H and O–H groups in total. The van der Waals surface area contributed by atoms with Crippen molar-refractivity contribution in [3.05, 3.63) is 34.4 Å². The molecule has 1 aromatic rings. The summed E-state index contributed by atoms with van der Waals surface area (Å²) in [5.74, 6) is -0.281. The van der Waals surface area contributed by atoms with Crippen LogP contribution in [0.3, 0.4) is 0 Å². The van der Waals surface area contributed by atoms with E-state index in [1.54, 1.807) is 6.07 Å². The molecular formula is C12H12ClNO2. The molecule has 0 aromatic heterocycles. The van der Waals surface area contributed by atoms with E-state index in [0.717, 1.165) is 5.56 Å². The van der Waals surface area contributed by atoms with Gasteiger partial charge in [0.25, 0.3) is 0 Å². The van der Waals surface area contributed by atoms with Crippen molar-refractivity contribution in [2.75, 3.05) is 7.11 Å². The Kier molecular flexibility index (Phi) is 4.33. The number of alkyl halides is 1. The zero-order valence-corrected chi connectivity index (χ0v) is 9.97. The Balaban J connectivity index is 3.50. The van der Waals surface area contributed by atoms with Crippen LogP contribution in [0, 0.1) is 11.3 Å². The van der Waals surface area contributed by atoms with Crippen LogP contribution in [-0.2, 0) is 17.0 Å². The molecule has 0 aliphatic heterocycles. The molecule has 0 aliphatic rings. The van der Waals surface area contributed by atoms with Crippen molar-refractivity contribution in [1.82, 2.24) is 0 Å². The number of hydrogen-bond acceptors (Lipinski definition) is 3. The maximum atomic E-state index is 11.6. The molecule has 0 amide bonds. The summed E-state index contributed by atoms with van der Waals surface area (Å²) in [5, 5.41) is 9.08. The van der Waals surface area contributed by atoms with Gasteiger partial charge in [0.05, 0.1) is 18.2 Å². The summed E-state index contributed by atoms with van der Waals surface area (Å²) in [7, 11) is 1.30. The van der Waals surface area contributed by atoms with Crippen molar-refractivity contribution in [1.29, 1.82) is 5.26 Å². The number of hydrogen-bond donors (Lipinski definition) is 0. The molecule has 16 heavy (non-hydrogen) atoms. The quantitative estimate of drug-likeness (QED) is 0.600. The van der Waals surface area contributed by atoms with Gasteiger partial charge in [-0.25, -0.2) is 4.79 Å². The Hall–Kier alpha value is -1.53. The molecule has 0 saturated heterocycles. The number of nitriles is 1. The molecule has 0 heterocycles. The molecule has 84 valence electrons. The molecule has 0 fully saturated rings. The van der Waals surface area contributed by atoms with E-state index in [0.29, 0.717) is 23.1 Å². The molecule has 0 saturated carbocycles. The van der Waals surface area contributed by atoms with Gasteiger partial charge in [-0.1, -0.05) is 19.1 Å². The van der Waals surface area contributed by atoms with Gasteiger partial charge in [0, 0.05) is 5.88 Å². The Morgan fingerprint density at radius 2 is 2.12 bits per heavy atom. The van der Waals surface area contributed by atoms with E-state index in [4.69, 9.17) is 16.9 Å². The Bertz CT molecular complexity index is 449. The average molecular weight is 238 g/mol. The fourth-order valence-corrected chi connectivity index (χ4v) is 1.78. The lowest BCUT2D eigenvalue weighted by Crippen LogP contribution is -2.10. The van der Waals surface area contributed by atoms with Crippen LogP contribution in [0.15, 0.2) is 12.1 Å². The number of carbonyl (C=O) groups is 1. The van der Waals surface area contributed by atoms with Crippen molar-refractivity contribution in [2.45, 2.75) is 19.2 Å². The van der Waals surface area contributed by atoms with Gasteiger partial charge >= 0.3 is 5.97 Å². The molecule has 0 aliphatic carbocycles. The number of rotatable bonds is 3. The van der Waals surface area contributed by atoms with Crippen LogP contribution in [0.1, 0.15) is 34.0 Å². The second-order valence-electron chi connectivity index (χ2n) is 3.22. The second kappa shape index (κ2) is 5.53. The summed E-state index contributed by atoms with van der Waals surface area (Å²) >= 11 is 5.72. The summed E-state index contributed by atoms with van der Waals surface area (Å²) in [6.45, 7) is 1.92. The summed E-state index contributed by atoms with van der Waals surface area (Å²) in [4.78, 5) is 11.6. The smallest absolute Gasteiger partial charge is 0.339 e. The van der Waals surface area contributed by atoms with Gasteiger partial charge in [0.15, 0.2) is 0 Å². The molecule has 1 rings (SSSR count). The zero-order valence-electron chi connectivity index (χ0n) is 9.21. The van der Waals surface area contributed by atoms with Gasteiger partial charge in [0.1, 0.15) is 6.07 Å². The second-order valence-corrected chi connectivity index (χ2v) is 3.49. The molecule has 4 heteroatoms. The lowest BCUT2D eigenvalue weighted by molar-refractivity contribution is 0.0599. The fraction of sp³-hybridized carbons (Fsp3) is 0.333. The van der Waals surface area contributed by atoms with Crippen molar-refractivity contribution < 1.29 is 9.53 Å². The third-order valence-corrected chi connectivity index (χ3v) is 2.69. The van der Waals surface area contributed by atoms with Gasteiger partial charge in [0.2, 0.25) is 0 Å². The first-order chi connectivity index (χ1) is 7.69. The van der Waals surface area contributed by atoms with E-state index in [1.807, 2.05) is 19.1 Å². The molecule has 0 atom stereocenters. The lowest BCUT2D eigenvalue weighted by atomic mass is 9.96. The Labute approximate surface area is 99.6 Å². The first-order valence-electron chi connectivity index (χ1n) is 4.88. The van der Waals surface area contributed by atoms with Gasteiger partial charge in [-0.15, -0.1) is 11.6 Å². The van der Waals surface area contributed by atoms with Crippen LogP contribution < -0.4 is 0 Å². The van der Waals surface area contributed by atoms with Crippen LogP contribution in [0.5, 0.6) is 0 Å². The molecule has 3 nitrogen and oxygen atoms in total. The zero-order chi connectivity index (χ0) is 12.1. The number of nitrogens with zero attached hydrogens (tertiary/aromatic N) is 1. The number of esters is 1. The maximum Gasteiger partial charge on any atom is 0.339 e. The number of ether oxygens (including phenoxy) is 1. The summed E-state index contributed by atoms with van der Waals surface area (Å²) < 4.78 is 4.69. The van der Waals surface area contributed by atoms with Gasteiger partial charge < -0.3 is 4.74 Å². The van der Waals surface area contributed by atoms with E-state index in [2.05, 4.69) is 4.74 Å². The first-order valence-corrected chi connectivity index (χ1v) is 5.42. The van der Waals surface area contributed by atoms with Crippen molar-refractivity contribution in [2.24, 2.45) is 0 Å². The van der Waals surface area contributed by atoms with Crippen LogP contribution in [0.4, 0.5) is 0 Å². The van der Waals surface area contributed by atoms with Crippen molar-refractivity contribution in [3.8, 4) is 6.07 Å². The van der Waals surface area contributed by atoms with Crippen molar-refractivity contribution >= 4 is 17.6 Å². The highest BCUT2D eigenvalue weighted by molar-refractivity contribution is 6.17. The minimum atomic E-state index is -0.486. The highest BCUT2D eigenvalue weighted by Crippen LogP contribution is 2.21. The van der Waals surface area contributed by atoms with E-state index in [-0.39, 0.29) is 5.88 Å². The minimum Gasteiger partial charge on any atom is -0.465 e. The van der Waals surface area contributed by atoms with Crippen molar-refractivity contribution in [3.63, 3.8) is 0 Å². The van der Waals surface area contributed by atoms with Crippen LogP contribution in [0.25, 0.3) is 0 Å². The van der Waals surface area contributed by atoms with Gasteiger partial charge in [-0.3, -0.25) is 0 Å². The van der Waals surface area contributed by atoms with Gasteiger partial charge in [-0.05, 0) is 17.5 Å². The average Bonchev–Trinajstić information content (AvgIpc) is 2.35. The maximum absolute atomic E-state index is 11.6. The Morgan fingerprint density at radius 1 is 1.50 bits per heavy atom. The molecular weight excluding hydrogens is 226 g/mol. The predicted octanol–water partition coefficient (Wildman–Crippen LogP) is 2.65. The Morgan fingerprint density at radius 3 is 2.56 bits per heavy atom.